The molecular weight excluding hydrogens is 1920 g/mol. The normalized spacial score (nSPS) is 10.7. The Morgan fingerprint density at radius 3 is 0.667 bits per heavy atom. The minimum Gasteiger partial charge on any atom is -1.00 e. The average Bonchev–Trinajstić information content (AvgIpc) is 0.766. The maximum absolute atomic E-state index is 11.5. The number of hydrogen-bond acceptors (Lipinski definition) is 15. The fourth-order valence-corrected chi connectivity index (χ4v) is 17.0. The predicted molar refractivity (Wildman–Crippen MR) is 575 cm³/mol. The summed E-state index contributed by atoms with van der Waals surface area (Å²) in [5.74, 6) is 4.81. The monoisotopic (exact) mass is 2050 g/mol. The first kappa shape index (κ1) is 118. The Kier molecular flexibility index (Phi) is 49.1. The van der Waals surface area contributed by atoms with Crippen LogP contribution in [0.1, 0.15) is 203 Å². The largest absolute Gasteiger partial charge is 1.00 e. The van der Waals surface area contributed by atoms with Crippen molar-refractivity contribution in [2.24, 2.45) is 0 Å². The number of rotatable bonds is 36. The minimum absolute atomic E-state index is 0. The van der Waals surface area contributed by atoms with E-state index in [4.69, 9.17) is 38.5 Å². The second-order valence-electron chi connectivity index (χ2n) is 34.2. The number of alkyl halides is 1. The zero-order valence-electron chi connectivity index (χ0n) is 84.3. The second-order valence-corrected chi connectivity index (χ2v) is 46.5. The van der Waals surface area contributed by atoms with E-state index >= 15 is 0 Å². The number of carbonyl (C=O) groups excluding carboxylic acids is 1. The third-order valence-corrected chi connectivity index (χ3v) is 24.2. The van der Waals surface area contributed by atoms with Gasteiger partial charge >= 0.3 is 103 Å². The molecule has 0 radical (unpaired) electrons. The molecule has 12 aromatic rings. The molecule has 6 N–H and O–H groups in total. The average molecular weight is 2050 g/mol. The Morgan fingerprint density at radius 2 is 0.464 bits per heavy atom. The van der Waals surface area contributed by atoms with Crippen molar-refractivity contribution in [3.63, 3.8) is 0 Å². The van der Waals surface area contributed by atoms with Crippen molar-refractivity contribution < 1.29 is 178 Å². The molecule has 0 saturated carbocycles. The predicted octanol–water partition coefficient (Wildman–Crippen LogP) is 21.8. The van der Waals surface area contributed by atoms with Crippen LogP contribution in [0, 0.1) is 111 Å². The van der Waals surface area contributed by atoms with Gasteiger partial charge in [-0.3, -0.25) is 4.79 Å². The zero-order valence-corrected chi connectivity index (χ0v) is 95.5. The van der Waals surface area contributed by atoms with E-state index in [1.807, 2.05) is 104 Å². The van der Waals surface area contributed by atoms with E-state index < -0.39 is 11.8 Å². The van der Waals surface area contributed by atoms with Crippen LogP contribution in [0.3, 0.4) is 0 Å². The van der Waals surface area contributed by atoms with Crippen molar-refractivity contribution in [2.75, 3.05) is 45.0 Å². The van der Waals surface area contributed by atoms with Crippen molar-refractivity contribution >= 4 is 56.2 Å². The summed E-state index contributed by atoms with van der Waals surface area (Å²) in [5.41, 5.74) is 31.0. The number of benzene rings is 12. The van der Waals surface area contributed by atoms with Crippen LogP contribution in [0.2, 0.25) is 0 Å². The molecule has 15 nitrogen and oxygen atoms in total. The van der Waals surface area contributed by atoms with E-state index in [2.05, 4.69) is 234 Å². The molecule has 0 bridgehead atoms. The smallest absolute Gasteiger partial charge is 1.00 e. The molecule has 22 heteroatoms. The Bertz CT molecular complexity index is 5690. The molecule has 0 heterocycles. The third-order valence-electron chi connectivity index (χ3n) is 23.8. The number of aryl methyl sites for hydroxylation is 16. The number of halogens is 1. The molecule has 0 spiro atoms. The van der Waals surface area contributed by atoms with Gasteiger partial charge in [0.2, 0.25) is 0 Å². The molecule has 3 unspecified atom stereocenters. The number of allylic oxidation sites excluding steroid dienone is 1. The number of phenols is 6. The van der Waals surface area contributed by atoms with Crippen LogP contribution in [0.15, 0.2) is 258 Å². The Hall–Kier alpha value is -8.68. The van der Waals surface area contributed by atoms with Crippen molar-refractivity contribution in [1.82, 2.24) is 0 Å². The molecule has 3 atom stereocenters. The first-order chi connectivity index (χ1) is 64.8. The number of aromatic hydroxyl groups is 6. The quantitative estimate of drug-likeness (QED) is 0.00314. The van der Waals surface area contributed by atoms with Crippen LogP contribution in [0.4, 0.5) is 0 Å². The van der Waals surface area contributed by atoms with E-state index in [0.717, 1.165) is 207 Å². The summed E-state index contributed by atoms with van der Waals surface area (Å²) in [6.45, 7) is 61.6. The summed E-state index contributed by atoms with van der Waals surface area (Å²) in [6.07, 6.45) is 13.6. The summed E-state index contributed by atoms with van der Waals surface area (Å²) in [6, 6.07) is 57.0. The van der Waals surface area contributed by atoms with Crippen LogP contribution < -0.4 is 136 Å². The molecule has 0 fully saturated rings. The van der Waals surface area contributed by atoms with Crippen LogP contribution in [0.5, 0.6) is 69.0 Å². The molecule has 0 aromatic heterocycles. The summed E-state index contributed by atoms with van der Waals surface area (Å²) >= 11 is 3.13. The molecule has 138 heavy (non-hydrogen) atoms. The summed E-state index contributed by atoms with van der Waals surface area (Å²) < 4.78 is 37.7. The molecule has 0 aliphatic rings. The van der Waals surface area contributed by atoms with Gasteiger partial charge in [0.15, 0.2) is 0 Å². The molecular formula is C116H133BrK2O15P4. The fraction of sp³-hybridized carbons (Fsp3) is 0.250. The third kappa shape index (κ3) is 31.7. The topological polar surface area (TPSA) is 226 Å². The van der Waals surface area contributed by atoms with E-state index in [1.165, 1.54) is 0 Å². The van der Waals surface area contributed by atoms with E-state index in [1.54, 1.807) is 78.9 Å². The van der Waals surface area contributed by atoms with Gasteiger partial charge in [-0.2, -0.15) is 0 Å². The van der Waals surface area contributed by atoms with Crippen LogP contribution in [-0.2, 0) is 22.5 Å². The Labute approximate surface area is 921 Å². The van der Waals surface area contributed by atoms with Crippen LogP contribution in [0.25, 0.3) is 0 Å². The number of carbonyl (C=O) groups is 1. The maximum Gasteiger partial charge on any atom is 1.00 e. The van der Waals surface area contributed by atoms with Gasteiger partial charge in [0.1, 0.15) is 109 Å². The van der Waals surface area contributed by atoms with E-state index in [0.29, 0.717) is 63.6 Å². The SMILES string of the molecule is C=CCBr.C=CCOc1cc(C)c(C(c2cc(C)c(OCC=C)cc2C)c2cc(Cc3ccc(OCC=C)c(C(c4cc(C)c(OCC=C)cc4C)c4cc(C)c(OCC=C)cc4C)c3)ccc2OCC=C)cc1C.Cc1cc(C(c2cc(C)c(O)cc2C)c2cc(Cc3ccc(O)c(C(c4cc(C)c(O)cc4C)c4cc(C)c(O)cc4C)c3)ccc2O)c(C)cc1O.O=CO[O-].PP(P)P.[H-].[K+].[K+]. The van der Waals surface area contributed by atoms with Gasteiger partial charge in [0, 0.05) is 51.3 Å². The fourth-order valence-electron chi connectivity index (χ4n) is 17.0. The minimum atomic E-state index is -0.394. The molecule has 0 saturated heterocycles. The molecule has 0 aliphatic carbocycles. The van der Waals surface area contributed by atoms with Gasteiger partial charge in [0.25, 0.3) is 6.47 Å². The maximum atomic E-state index is 11.5. The Balaban J connectivity index is 0.000000443. The van der Waals surface area contributed by atoms with Gasteiger partial charge in [-0.25, -0.2) is 0 Å². The number of ether oxygens (including phenoxy) is 6. The van der Waals surface area contributed by atoms with E-state index in [9.17, 15) is 30.6 Å². The van der Waals surface area contributed by atoms with E-state index in [-0.39, 0.29) is 164 Å². The second kappa shape index (κ2) is 57.4. The number of hydrogen-bond donors (Lipinski definition) is 6. The van der Waals surface area contributed by atoms with Crippen molar-refractivity contribution in [3.8, 4) is 69.0 Å². The molecule has 0 aliphatic heterocycles. The number of phenolic OH excluding ortho intramolecular Hbond substituents is 6. The van der Waals surface area contributed by atoms with Crippen molar-refractivity contribution in [1.29, 1.82) is 0 Å². The van der Waals surface area contributed by atoms with Gasteiger partial charge in [-0.1, -0.05) is 195 Å². The summed E-state index contributed by atoms with van der Waals surface area (Å²) in [5, 5.41) is 74.4. The molecule has 12 aromatic carbocycles. The van der Waals surface area contributed by atoms with Gasteiger partial charge in [0.05, 0.1) is 0 Å². The van der Waals surface area contributed by atoms with Gasteiger partial charge in [-0.15, -0.1) is 33.4 Å². The zero-order chi connectivity index (χ0) is 100. The first-order valence-corrected chi connectivity index (χ1v) is 52.1. The van der Waals surface area contributed by atoms with Crippen molar-refractivity contribution in [2.45, 2.75) is 147 Å². The van der Waals surface area contributed by atoms with Crippen LogP contribution >= 0.6 is 49.7 Å². The molecule has 0 amide bonds. The summed E-state index contributed by atoms with van der Waals surface area (Å²) in [7, 11) is 7.94. The standard InChI is InChI=1S/C65H72O6.C47H48O6.C3H5Br.CH2O3.2K.H6P4.H/c1-15-25-66-58-23-21-50(40-56(58)64(52-31-46(11)60(35-42(52)7)68-27-17-3)53-32-47(12)61(36-43(53)8)69-28-18-4)39-51-22-24-59(67-26-16-2)57(41-51)65(54-33-48(13)62(37-44(54)9)70-29-19-5)55-34-49(14)63(38-45(55)10)71-30-20-6;1-24-17-42(50)28(5)13-34(24)46(35-14-29(6)43(51)18-25(35)2)38-22-32(9-11-40(38)48)21-33-10-12-41(49)39(23-33)47(36-15-30(7)44(52)19-26(36)3)37-16-31(8)45(53)20-27(37)4;1-2-3-4;2-1-4-3;;;1-4(2)3;/h15-24,31-38,40-41,64-65H,1-6,25-30,39H2,7-14H3;9-20,22-23,46-53H,21H2,1-8H3;2H,1,3H2;1,3H;;;1-3H2;/q;;;;2*+1;;-1/p-1. The molecule has 12 rings (SSSR count). The first-order valence-electron chi connectivity index (χ1n) is 44.8. The van der Waals surface area contributed by atoms with Crippen molar-refractivity contribution in [3.05, 3.63) is 436 Å². The Morgan fingerprint density at radius 1 is 0.283 bits per heavy atom. The van der Waals surface area contributed by atoms with Crippen LogP contribution in [-0.4, -0.2) is 82.1 Å². The summed E-state index contributed by atoms with van der Waals surface area (Å²) in [4.78, 5) is 11.2. The van der Waals surface area contributed by atoms with Gasteiger partial charge < -0.3 is 70.6 Å². The van der Waals surface area contributed by atoms with Gasteiger partial charge in [-0.05, 0) is 359 Å². The molecule has 716 valence electrons.